The number of amides is 1. The molecule has 1 aromatic heterocycles. The molecule has 3 unspecified atom stereocenters. The number of nitrogens with one attached hydrogen (secondary N) is 1. The van der Waals surface area contributed by atoms with E-state index in [-0.39, 0.29) is 28.6 Å². The first-order valence-corrected chi connectivity index (χ1v) is 13.4. The molecule has 0 aliphatic rings. The van der Waals surface area contributed by atoms with Gasteiger partial charge in [0.2, 0.25) is 0 Å². The van der Waals surface area contributed by atoms with E-state index in [0.717, 1.165) is 17.7 Å². The van der Waals surface area contributed by atoms with Gasteiger partial charge in [-0.2, -0.15) is 0 Å². The van der Waals surface area contributed by atoms with Gasteiger partial charge in [-0.05, 0) is 54.7 Å². The Morgan fingerprint density at radius 1 is 1.15 bits per heavy atom. The van der Waals surface area contributed by atoms with Crippen LogP contribution in [0.4, 0.5) is 4.79 Å². The Hall–Kier alpha value is -3.55. The van der Waals surface area contributed by atoms with Crippen molar-refractivity contribution in [2.24, 2.45) is 17.3 Å². The number of carbonyl (C=O) groups is 2. The number of alkyl carbamates (subject to hydrolysis) is 1. The summed E-state index contributed by atoms with van der Waals surface area (Å²) in [4.78, 5) is 37.0. The number of ether oxygens (including phenoxy) is 2. The molecule has 1 amide bonds. The maximum absolute atomic E-state index is 13.2. The van der Waals surface area contributed by atoms with Gasteiger partial charge >= 0.3 is 11.7 Å². The zero-order chi connectivity index (χ0) is 29.2. The predicted octanol–water partition coefficient (Wildman–Crippen LogP) is 6.61. The molecule has 0 fully saturated rings. The van der Waals surface area contributed by atoms with E-state index in [1.165, 1.54) is 19.4 Å². The van der Waals surface area contributed by atoms with Gasteiger partial charge in [0.15, 0.2) is 5.78 Å². The lowest BCUT2D eigenvalue weighted by molar-refractivity contribution is 0.0885. The first kappa shape index (κ1) is 31.7. The summed E-state index contributed by atoms with van der Waals surface area (Å²) >= 11 is 0. The highest BCUT2D eigenvalue weighted by atomic mass is 16.5. The highest BCUT2D eigenvalue weighted by Gasteiger charge is 2.28. The number of allylic oxidation sites excluding steroid dienone is 1. The van der Waals surface area contributed by atoms with Crippen molar-refractivity contribution in [1.29, 1.82) is 0 Å². The van der Waals surface area contributed by atoms with Gasteiger partial charge in [-0.3, -0.25) is 10.1 Å². The number of Topliss-reactive ketones (excluding diaryl/α,β-unsaturated/α-hetero) is 1. The first-order valence-electron chi connectivity index (χ1n) is 13.4. The van der Waals surface area contributed by atoms with Gasteiger partial charge in [0.05, 0.1) is 13.7 Å². The number of methoxy groups -OCH3 is 1. The number of benzene rings is 1. The van der Waals surface area contributed by atoms with Crippen LogP contribution in [0.2, 0.25) is 0 Å². The van der Waals surface area contributed by atoms with Crippen LogP contribution in [0.3, 0.4) is 0 Å². The SMILES string of the molecule is COC(=O)N/C=C/CCC(C)c1cc(O)c(C(=O)C(C)C(C)Cc2cccc(OCCC(C)(C)C)c2)c(=O)o1. The van der Waals surface area contributed by atoms with Crippen LogP contribution in [0.5, 0.6) is 11.5 Å². The second-order valence-corrected chi connectivity index (χ2v) is 11.4. The van der Waals surface area contributed by atoms with Gasteiger partial charge in [0.25, 0.3) is 0 Å². The maximum Gasteiger partial charge on any atom is 0.410 e. The van der Waals surface area contributed by atoms with Crippen LogP contribution < -0.4 is 15.7 Å². The summed E-state index contributed by atoms with van der Waals surface area (Å²) in [5, 5.41) is 13.0. The lowest BCUT2D eigenvalue weighted by atomic mass is 9.84. The van der Waals surface area contributed by atoms with Crippen molar-refractivity contribution < 1.29 is 28.6 Å². The molecule has 1 heterocycles. The molecule has 2 rings (SSSR count). The van der Waals surface area contributed by atoms with Crippen LogP contribution in [-0.4, -0.2) is 30.7 Å². The van der Waals surface area contributed by atoms with Crippen molar-refractivity contribution in [3.8, 4) is 11.5 Å². The topological polar surface area (TPSA) is 115 Å². The van der Waals surface area contributed by atoms with Crippen LogP contribution >= 0.6 is 0 Å². The normalized spacial score (nSPS) is 14.0. The zero-order valence-electron chi connectivity index (χ0n) is 24.2. The van der Waals surface area contributed by atoms with E-state index in [4.69, 9.17) is 9.15 Å². The quantitative estimate of drug-likeness (QED) is 0.274. The summed E-state index contributed by atoms with van der Waals surface area (Å²) in [5.74, 6) is -0.514. The summed E-state index contributed by atoms with van der Waals surface area (Å²) in [6.45, 7) is 12.7. The predicted molar refractivity (Wildman–Crippen MR) is 151 cm³/mol. The fourth-order valence-corrected chi connectivity index (χ4v) is 4.00. The maximum atomic E-state index is 13.2. The molecule has 1 aromatic carbocycles. The number of ketones is 1. The molecule has 0 saturated carbocycles. The molecule has 3 atom stereocenters. The van der Waals surface area contributed by atoms with Gasteiger partial charge < -0.3 is 19.0 Å². The minimum absolute atomic E-state index is 0.0925. The summed E-state index contributed by atoms with van der Waals surface area (Å²) in [6, 6.07) is 9.19. The molecule has 0 spiro atoms. The third kappa shape index (κ3) is 10.3. The Morgan fingerprint density at radius 2 is 1.87 bits per heavy atom. The molecule has 2 aromatic rings. The van der Waals surface area contributed by atoms with Gasteiger partial charge in [0, 0.05) is 24.1 Å². The monoisotopic (exact) mass is 541 g/mol. The Kier molecular flexibility index (Phi) is 11.8. The Labute approximate surface area is 231 Å². The molecular formula is C31H43NO7. The summed E-state index contributed by atoms with van der Waals surface area (Å²) in [5.41, 5.74) is 0.0783. The number of rotatable bonds is 13. The van der Waals surface area contributed by atoms with E-state index in [0.29, 0.717) is 31.6 Å². The average Bonchev–Trinajstić information content (AvgIpc) is 2.86. The lowest BCUT2D eigenvalue weighted by Gasteiger charge is -2.20. The van der Waals surface area contributed by atoms with Crippen molar-refractivity contribution in [3.05, 3.63) is 69.9 Å². The standard InChI is InChI=1S/C31H43NO7/c1-20(11-8-9-15-32-30(36)37-7)26-19-25(33)27(29(35)39-26)28(34)22(3)21(2)17-23-12-10-13-24(18-23)38-16-14-31(4,5)6/h9-10,12-13,15,18-22,33H,8,11,14,16-17H2,1-7H3,(H,32,36)/b15-9+. The largest absolute Gasteiger partial charge is 0.507 e. The summed E-state index contributed by atoms with van der Waals surface area (Å²) in [7, 11) is 1.28. The Bertz CT molecular complexity index is 1190. The molecule has 214 valence electrons. The molecule has 0 aliphatic carbocycles. The number of hydrogen-bond donors (Lipinski definition) is 2. The molecular weight excluding hydrogens is 498 g/mol. The highest BCUT2D eigenvalue weighted by molar-refractivity contribution is 5.99. The fourth-order valence-electron chi connectivity index (χ4n) is 4.00. The summed E-state index contributed by atoms with van der Waals surface area (Å²) in [6.07, 6.45) is 5.41. The van der Waals surface area contributed by atoms with E-state index in [2.05, 4.69) is 30.8 Å². The van der Waals surface area contributed by atoms with Crippen molar-refractivity contribution in [2.75, 3.05) is 13.7 Å². The van der Waals surface area contributed by atoms with Crippen molar-refractivity contribution in [1.82, 2.24) is 5.32 Å². The molecule has 0 aliphatic heterocycles. The van der Waals surface area contributed by atoms with Crippen LogP contribution in [-0.2, 0) is 11.2 Å². The summed E-state index contributed by atoms with van der Waals surface area (Å²) < 4.78 is 15.8. The van der Waals surface area contributed by atoms with E-state index in [1.54, 1.807) is 13.0 Å². The molecule has 8 heteroatoms. The Balaban J connectivity index is 2.02. The lowest BCUT2D eigenvalue weighted by Crippen LogP contribution is -2.26. The average molecular weight is 542 g/mol. The number of carbonyl (C=O) groups excluding carboxylic acids is 2. The molecule has 0 bridgehead atoms. The molecule has 2 N–H and O–H groups in total. The van der Waals surface area contributed by atoms with Crippen LogP contribution in [0.15, 0.2) is 51.8 Å². The van der Waals surface area contributed by atoms with Crippen molar-refractivity contribution in [3.63, 3.8) is 0 Å². The highest BCUT2D eigenvalue weighted by Crippen LogP contribution is 2.29. The van der Waals surface area contributed by atoms with Crippen LogP contribution in [0.25, 0.3) is 0 Å². The second-order valence-electron chi connectivity index (χ2n) is 11.4. The smallest absolute Gasteiger partial charge is 0.410 e. The van der Waals surface area contributed by atoms with Gasteiger partial charge in [-0.1, -0.05) is 59.8 Å². The zero-order valence-corrected chi connectivity index (χ0v) is 24.2. The first-order chi connectivity index (χ1) is 18.3. The minimum Gasteiger partial charge on any atom is -0.507 e. The second kappa shape index (κ2) is 14.6. The van der Waals surface area contributed by atoms with E-state index in [1.807, 2.05) is 38.1 Å². The van der Waals surface area contributed by atoms with Crippen molar-refractivity contribution >= 4 is 11.9 Å². The third-order valence-electron chi connectivity index (χ3n) is 6.80. The molecule has 39 heavy (non-hydrogen) atoms. The fraction of sp³-hybridized carbons (Fsp3) is 0.516. The van der Waals surface area contributed by atoms with Crippen molar-refractivity contribution in [2.45, 2.75) is 73.1 Å². The van der Waals surface area contributed by atoms with Gasteiger partial charge in [0.1, 0.15) is 22.8 Å². The number of hydrogen-bond acceptors (Lipinski definition) is 7. The minimum atomic E-state index is -0.835. The van der Waals surface area contributed by atoms with Crippen LogP contribution in [0.1, 0.15) is 88.4 Å². The van der Waals surface area contributed by atoms with E-state index < -0.39 is 23.4 Å². The molecule has 8 nitrogen and oxygen atoms in total. The van der Waals surface area contributed by atoms with E-state index in [9.17, 15) is 19.5 Å². The number of aromatic hydroxyl groups is 1. The van der Waals surface area contributed by atoms with Crippen LogP contribution in [0, 0.1) is 17.3 Å². The van der Waals surface area contributed by atoms with Gasteiger partial charge in [-0.15, -0.1) is 0 Å². The third-order valence-corrected chi connectivity index (χ3v) is 6.80. The molecule has 0 saturated heterocycles. The van der Waals surface area contributed by atoms with E-state index >= 15 is 0 Å². The van der Waals surface area contributed by atoms with Gasteiger partial charge in [-0.25, -0.2) is 9.59 Å². The Morgan fingerprint density at radius 3 is 2.51 bits per heavy atom. The molecule has 0 radical (unpaired) electrons.